The molecule has 1 fully saturated rings. The zero-order valence-electron chi connectivity index (χ0n) is 9.86. The molecule has 1 unspecified atom stereocenters. The standard InChI is InChI=1S/C14H16NPS/c1-15-14(6-7-14)10-4-5-12(16)11(9-10)13-3-2-8-17-13/h2-5,8-9,15H,6-7,16H2,1H3. The van der Waals surface area contributed by atoms with E-state index in [1.165, 1.54) is 34.2 Å². The predicted octanol–water partition coefficient (Wildman–Crippen LogP) is 3.12. The maximum Gasteiger partial charge on any atom is 0.0434 e. The molecular weight excluding hydrogens is 245 g/mol. The van der Waals surface area contributed by atoms with Crippen molar-refractivity contribution in [2.75, 3.05) is 7.05 Å². The molecule has 0 spiro atoms. The molecule has 88 valence electrons. The molecule has 0 saturated heterocycles. The van der Waals surface area contributed by atoms with Crippen molar-refractivity contribution in [1.82, 2.24) is 5.32 Å². The Morgan fingerprint density at radius 1 is 1.29 bits per heavy atom. The Balaban J connectivity index is 2.07. The van der Waals surface area contributed by atoms with Crippen molar-refractivity contribution in [3.8, 4) is 10.4 Å². The zero-order chi connectivity index (χ0) is 11.9. The first kappa shape index (κ1) is 11.4. The summed E-state index contributed by atoms with van der Waals surface area (Å²) >= 11 is 1.80. The van der Waals surface area contributed by atoms with Crippen LogP contribution in [-0.4, -0.2) is 7.05 Å². The Kier molecular flexibility index (Phi) is 2.82. The van der Waals surface area contributed by atoms with Crippen LogP contribution in [0.3, 0.4) is 0 Å². The molecule has 1 aromatic heterocycles. The number of nitrogens with one attached hydrogen (secondary N) is 1. The zero-order valence-corrected chi connectivity index (χ0v) is 11.8. The van der Waals surface area contributed by atoms with Crippen LogP contribution in [0.15, 0.2) is 35.7 Å². The molecule has 1 atom stereocenters. The Morgan fingerprint density at radius 2 is 2.12 bits per heavy atom. The van der Waals surface area contributed by atoms with E-state index in [-0.39, 0.29) is 5.54 Å². The monoisotopic (exact) mass is 261 g/mol. The second-order valence-corrected chi connectivity index (χ2v) is 6.18. The summed E-state index contributed by atoms with van der Waals surface area (Å²) in [5.74, 6) is 0. The van der Waals surface area contributed by atoms with Gasteiger partial charge in [-0.3, -0.25) is 0 Å². The SMILES string of the molecule is CNC1(c2ccc(P)c(-c3cccs3)c2)CC1. The molecule has 0 radical (unpaired) electrons. The first-order valence-corrected chi connectivity index (χ1v) is 7.34. The van der Waals surface area contributed by atoms with Gasteiger partial charge in [0.05, 0.1) is 0 Å². The number of hydrogen-bond acceptors (Lipinski definition) is 2. The first-order chi connectivity index (χ1) is 8.25. The van der Waals surface area contributed by atoms with E-state index in [1.807, 2.05) is 0 Å². The largest absolute Gasteiger partial charge is 0.310 e. The molecule has 3 heteroatoms. The molecule has 17 heavy (non-hydrogen) atoms. The van der Waals surface area contributed by atoms with Gasteiger partial charge >= 0.3 is 0 Å². The van der Waals surface area contributed by atoms with Gasteiger partial charge in [0.1, 0.15) is 0 Å². The van der Waals surface area contributed by atoms with Crippen LogP contribution in [0.5, 0.6) is 0 Å². The third-order valence-corrected chi connectivity index (χ3v) is 5.03. The van der Waals surface area contributed by atoms with Crippen molar-refractivity contribution in [2.45, 2.75) is 18.4 Å². The summed E-state index contributed by atoms with van der Waals surface area (Å²) < 4.78 is 0. The van der Waals surface area contributed by atoms with Crippen LogP contribution in [0.25, 0.3) is 10.4 Å². The maximum atomic E-state index is 3.46. The Bertz CT molecular complexity index is 529. The quantitative estimate of drug-likeness (QED) is 0.837. The average molecular weight is 261 g/mol. The van der Waals surface area contributed by atoms with Gasteiger partial charge in [0.15, 0.2) is 0 Å². The normalized spacial score (nSPS) is 17.1. The lowest BCUT2D eigenvalue weighted by molar-refractivity contribution is 0.586. The minimum atomic E-state index is 0.254. The van der Waals surface area contributed by atoms with Crippen molar-refractivity contribution in [3.63, 3.8) is 0 Å². The summed E-state index contributed by atoms with van der Waals surface area (Å²) in [5.41, 5.74) is 3.03. The summed E-state index contributed by atoms with van der Waals surface area (Å²) in [4.78, 5) is 1.35. The molecule has 1 aromatic carbocycles. The van der Waals surface area contributed by atoms with Crippen LogP contribution in [0.1, 0.15) is 18.4 Å². The van der Waals surface area contributed by atoms with E-state index in [0.29, 0.717) is 0 Å². The van der Waals surface area contributed by atoms with Crippen molar-refractivity contribution in [1.29, 1.82) is 0 Å². The first-order valence-electron chi connectivity index (χ1n) is 5.88. The molecule has 1 nitrogen and oxygen atoms in total. The van der Waals surface area contributed by atoms with Gasteiger partial charge in [-0.25, -0.2) is 0 Å². The molecule has 1 N–H and O–H groups in total. The summed E-state index contributed by atoms with van der Waals surface area (Å²) in [7, 11) is 4.90. The van der Waals surface area contributed by atoms with Gasteiger partial charge in [-0.1, -0.05) is 18.2 Å². The second-order valence-electron chi connectivity index (χ2n) is 4.61. The van der Waals surface area contributed by atoms with Gasteiger partial charge in [0.25, 0.3) is 0 Å². The topological polar surface area (TPSA) is 12.0 Å². The van der Waals surface area contributed by atoms with Gasteiger partial charge in [0.2, 0.25) is 0 Å². The van der Waals surface area contributed by atoms with E-state index in [2.05, 4.69) is 57.3 Å². The van der Waals surface area contributed by atoms with Crippen molar-refractivity contribution in [3.05, 3.63) is 41.3 Å². The fourth-order valence-electron chi connectivity index (χ4n) is 2.31. The summed E-state index contributed by atoms with van der Waals surface area (Å²) in [6.07, 6.45) is 2.51. The van der Waals surface area contributed by atoms with E-state index in [9.17, 15) is 0 Å². The number of benzene rings is 1. The Hall–Kier alpha value is -0.690. The van der Waals surface area contributed by atoms with E-state index in [4.69, 9.17) is 0 Å². The van der Waals surface area contributed by atoms with E-state index in [1.54, 1.807) is 11.3 Å². The van der Waals surface area contributed by atoms with Crippen LogP contribution < -0.4 is 10.6 Å². The van der Waals surface area contributed by atoms with Crippen molar-refractivity contribution < 1.29 is 0 Å². The van der Waals surface area contributed by atoms with E-state index >= 15 is 0 Å². The molecule has 3 rings (SSSR count). The van der Waals surface area contributed by atoms with Crippen LogP contribution in [-0.2, 0) is 5.54 Å². The molecule has 1 heterocycles. The van der Waals surface area contributed by atoms with Gasteiger partial charge in [0, 0.05) is 10.4 Å². The number of thiophene rings is 1. The molecule has 1 aliphatic rings. The second kappa shape index (κ2) is 4.20. The van der Waals surface area contributed by atoms with E-state index < -0.39 is 0 Å². The fourth-order valence-corrected chi connectivity index (χ4v) is 3.51. The van der Waals surface area contributed by atoms with Crippen LogP contribution in [0, 0.1) is 0 Å². The third kappa shape index (κ3) is 1.95. The van der Waals surface area contributed by atoms with Crippen molar-refractivity contribution >= 4 is 25.9 Å². The van der Waals surface area contributed by atoms with Gasteiger partial charge in [-0.2, -0.15) is 0 Å². The van der Waals surface area contributed by atoms with Crippen LogP contribution in [0.4, 0.5) is 0 Å². The van der Waals surface area contributed by atoms with Crippen LogP contribution in [0.2, 0.25) is 0 Å². The molecule has 0 aliphatic heterocycles. The molecule has 2 aromatic rings. The highest BCUT2D eigenvalue weighted by Crippen LogP contribution is 2.45. The molecule has 1 aliphatic carbocycles. The van der Waals surface area contributed by atoms with Gasteiger partial charge in [-0.15, -0.1) is 20.6 Å². The highest BCUT2D eigenvalue weighted by molar-refractivity contribution is 7.28. The minimum Gasteiger partial charge on any atom is -0.310 e. The smallest absolute Gasteiger partial charge is 0.0434 e. The lowest BCUT2D eigenvalue weighted by Gasteiger charge is -2.16. The summed E-state index contributed by atoms with van der Waals surface area (Å²) in [6.45, 7) is 0. The molecule has 0 amide bonds. The number of rotatable bonds is 3. The summed E-state index contributed by atoms with van der Waals surface area (Å²) in [5, 5.41) is 6.87. The van der Waals surface area contributed by atoms with Gasteiger partial charge in [-0.05, 0) is 53.8 Å². The molecule has 1 saturated carbocycles. The number of hydrogen-bond donors (Lipinski definition) is 1. The van der Waals surface area contributed by atoms with Crippen molar-refractivity contribution in [2.24, 2.45) is 0 Å². The lowest BCUT2D eigenvalue weighted by atomic mass is 10.0. The molecule has 0 bridgehead atoms. The van der Waals surface area contributed by atoms with Crippen LogP contribution >= 0.6 is 20.6 Å². The van der Waals surface area contributed by atoms with E-state index in [0.717, 1.165) is 0 Å². The Labute approximate surface area is 108 Å². The summed E-state index contributed by atoms with van der Waals surface area (Å²) in [6, 6.07) is 11.1. The lowest BCUT2D eigenvalue weighted by Crippen LogP contribution is -2.24. The Morgan fingerprint density at radius 3 is 2.71 bits per heavy atom. The van der Waals surface area contributed by atoms with Gasteiger partial charge < -0.3 is 5.32 Å². The highest BCUT2D eigenvalue weighted by Gasteiger charge is 2.42. The third-order valence-electron chi connectivity index (χ3n) is 3.62. The highest BCUT2D eigenvalue weighted by atomic mass is 32.1. The maximum absolute atomic E-state index is 3.46. The minimum absolute atomic E-state index is 0.254. The fraction of sp³-hybridized carbons (Fsp3) is 0.286. The molecular formula is C14H16NPS. The predicted molar refractivity (Wildman–Crippen MR) is 79.1 cm³/mol. The average Bonchev–Trinajstić information content (AvgIpc) is 2.96.